The number of nitrogens with zero attached hydrogens (tertiary/aromatic N) is 2. The average molecular weight is 549 g/mol. The smallest absolute Gasteiger partial charge is 0.311 e. The van der Waals surface area contributed by atoms with E-state index in [9.17, 15) is 18.7 Å². The average Bonchev–Trinajstić information content (AvgIpc) is 2.91. The van der Waals surface area contributed by atoms with E-state index < -0.39 is 23.2 Å². The van der Waals surface area contributed by atoms with Gasteiger partial charge in [0.1, 0.15) is 29.7 Å². The molecule has 1 atom stereocenters. The molecule has 38 heavy (non-hydrogen) atoms. The van der Waals surface area contributed by atoms with Gasteiger partial charge in [0.25, 0.3) is 0 Å². The van der Waals surface area contributed by atoms with Gasteiger partial charge in [-0.15, -0.1) is 0 Å². The lowest BCUT2D eigenvalue weighted by atomic mass is 9.74. The number of aliphatic hydroxyl groups excluding tert-OH is 1. The van der Waals surface area contributed by atoms with E-state index in [0.29, 0.717) is 72.6 Å². The first-order valence-electron chi connectivity index (χ1n) is 12.4. The molecule has 0 aliphatic carbocycles. The number of likely N-dealkylation sites (tertiary alicyclic amines) is 1. The number of hydrogen-bond donors (Lipinski definition) is 1. The Hall–Kier alpha value is -3.01. The molecule has 0 spiro atoms. The van der Waals surface area contributed by atoms with Gasteiger partial charge in [-0.3, -0.25) is 14.7 Å². The number of fused-ring (bicyclic) bond motifs is 1. The number of benzene rings is 2. The summed E-state index contributed by atoms with van der Waals surface area (Å²) < 4.78 is 42.7. The quantitative estimate of drug-likeness (QED) is 0.343. The third-order valence-corrected chi connectivity index (χ3v) is 7.54. The minimum Gasteiger partial charge on any atom is -0.497 e. The van der Waals surface area contributed by atoms with Crippen LogP contribution in [0.5, 0.6) is 11.5 Å². The highest BCUT2D eigenvalue weighted by Crippen LogP contribution is 2.41. The Morgan fingerprint density at radius 1 is 1.13 bits per heavy atom. The molecular weight excluding hydrogens is 518 g/mol. The lowest BCUT2D eigenvalue weighted by Crippen LogP contribution is -2.46. The van der Waals surface area contributed by atoms with Crippen molar-refractivity contribution in [2.75, 3.05) is 40.5 Å². The van der Waals surface area contributed by atoms with E-state index in [1.165, 1.54) is 13.3 Å². The summed E-state index contributed by atoms with van der Waals surface area (Å²) in [5.74, 6) is -0.924. The Morgan fingerprint density at radius 3 is 2.50 bits per heavy atom. The molecule has 0 bridgehead atoms. The number of ether oxygens (including phenoxy) is 3. The third-order valence-electron chi connectivity index (χ3n) is 7.24. The van der Waals surface area contributed by atoms with E-state index in [1.807, 2.05) is 0 Å². The number of aromatic nitrogens is 1. The maximum Gasteiger partial charge on any atom is 0.311 e. The van der Waals surface area contributed by atoms with Crippen molar-refractivity contribution < 1.29 is 32.9 Å². The van der Waals surface area contributed by atoms with Crippen molar-refractivity contribution >= 4 is 28.5 Å². The first-order valence-corrected chi connectivity index (χ1v) is 12.8. The summed E-state index contributed by atoms with van der Waals surface area (Å²) in [7, 11) is 2.94. The maximum atomic E-state index is 13.4. The topological polar surface area (TPSA) is 81.1 Å². The van der Waals surface area contributed by atoms with Crippen LogP contribution >= 0.6 is 11.6 Å². The van der Waals surface area contributed by atoms with E-state index in [-0.39, 0.29) is 18.3 Å². The standard InChI is InChI=1S/C28H31ClF2N2O5/c1-36-20-3-4-24-22(16-20)26(23(29)17-32-24)25(34)5-6-28(27(35)37-2)7-9-33(10-8-28)11-12-38-21-14-18(30)13-19(31)15-21/h3-4,13-17,25,34H,5-12H2,1-2H3. The van der Waals surface area contributed by atoms with Crippen LogP contribution in [0.3, 0.4) is 0 Å². The van der Waals surface area contributed by atoms with E-state index in [4.69, 9.17) is 25.8 Å². The third kappa shape index (κ3) is 6.34. The summed E-state index contributed by atoms with van der Waals surface area (Å²) in [6.07, 6.45) is 2.40. The van der Waals surface area contributed by atoms with E-state index in [0.717, 1.165) is 18.2 Å². The fourth-order valence-electron chi connectivity index (χ4n) is 5.07. The van der Waals surface area contributed by atoms with Crippen molar-refractivity contribution in [1.82, 2.24) is 9.88 Å². The van der Waals surface area contributed by atoms with Crippen LogP contribution in [0.2, 0.25) is 5.02 Å². The largest absolute Gasteiger partial charge is 0.497 e. The minimum atomic E-state index is -0.917. The molecule has 0 radical (unpaired) electrons. The van der Waals surface area contributed by atoms with E-state index >= 15 is 0 Å². The molecular formula is C28H31ClF2N2O5. The Kier molecular flexibility index (Phi) is 9.02. The molecule has 1 unspecified atom stereocenters. The van der Waals surface area contributed by atoms with Gasteiger partial charge in [-0.25, -0.2) is 8.78 Å². The normalized spacial score (nSPS) is 16.3. The fourth-order valence-corrected chi connectivity index (χ4v) is 5.35. The summed E-state index contributed by atoms with van der Waals surface area (Å²) in [6.45, 7) is 2.02. The summed E-state index contributed by atoms with van der Waals surface area (Å²) >= 11 is 6.45. The molecule has 1 aromatic heterocycles. The predicted octanol–water partition coefficient (Wildman–Crippen LogP) is 5.32. The van der Waals surface area contributed by atoms with Gasteiger partial charge in [0, 0.05) is 41.9 Å². The second-order valence-electron chi connectivity index (χ2n) is 9.52. The van der Waals surface area contributed by atoms with Crippen LogP contribution in [0.1, 0.15) is 37.4 Å². The molecule has 4 rings (SSSR count). The molecule has 1 N–H and O–H groups in total. The van der Waals surface area contributed by atoms with Gasteiger partial charge >= 0.3 is 5.97 Å². The first-order chi connectivity index (χ1) is 18.2. The number of methoxy groups -OCH3 is 2. The minimum absolute atomic E-state index is 0.136. The number of hydrogen-bond acceptors (Lipinski definition) is 7. The number of pyridine rings is 1. The molecule has 2 heterocycles. The fraction of sp³-hybridized carbons (Fsp3) is 0.429. The number of carbonyl (C=O) groups is 1. The first kappa shape index (κ1) is 28.0. The highest BCUT2D eigenvalue weighted by Gasteiger charge is 2.42. The molecule has 204 valence electrons. The highest BCUT2D eigenvalue weighted by molar-refractivity contribution is 6.32. The molecule has 0 saturated carbocycles. The Labute approximate surface area is 225 Å². The summed E-state index contributed by atoms with van der Waals surface area (Å²) in [6, 6.07) is 8.47. The molecule has 7 nitrogen and oxygen atoms in total. The number of rotatable bonds is 10. The van der Waals surface area contributed by atoms with Crippen molar-refractivity contribution in [1.29, 1.82) is 0 Å². The SMILES string of the molecule is COC(=O)C1(CCC(O)c2c(Cl)cnc3ccc(OC)cc23)CCN(CCOc2cc(F)cc(F)c2)CC1. The van der Waals surface area contributed by atoms with Gasteiger partial charge in [-0.05, 0) is 57.0 Å². The van der Waals surface area contributed by atoms with Crippen molar-refractivity contribution in [2.45, 2.75) is 31.8 Å². The Bertz CT molecular complexity index is 1260. The van der Waals surface area contributed by atoms with Crippen molar-refractivity contribution in [3.8, 4) is 11.5 Å². The predicted molar refractivity (Wildman–Crippen MR) is 139 cm³/mol. The molecule has 1 aliphatic heterocycles. The molecule has 1 fully saturated rings. The second-order valence-corrected chi connectivity index (χ2v) is 9.93. The monoisotopic (exact) mass is 548 g/mol. The number of esters is 1. The number of piperidine rings is 1. The van der Waals surface area contributed by atoms with Gasteiger partial charge in [0.2, 0.25) is 0 Å². The zero-order valence-electron chi connectivity index (χ0n) is 21.4. The van der Waals surface area contributed by atoms with Gasteiger partial charge in [0.05, 0.1) is 36.3 Å². The van der Waals surface area contributed by atoms with Crippen molar-refractivity contribution in [2.24, 2.45) is 5.41 Å². The van der Waals surface area contributed by atoms with Crippen molar-refractivity contribution in [3.05, 3.63) is 64.8 Å². The zero-order valence-corrected chi connectivity index (χ0v) is 22.1. The van der Waals surface area contributed by atoms with Crippen LogP contribution in [0, 0.1) is 17.0 Å². The van der Waals surface area contributed by atoms with Crippen LogP contribution < -0.4 is 9.47 Å². The lowest BCUT2D eigenvalue weighted by Gasteiger charge is -2.40. The molecule has 2 aromatic carbocycles. The molecule has 1 aliphatic rings. The summed E-state index contributed by atoms with van der Waals surface area (Å²) in [5.41, 5.74) is 0.494. The van der Waals surface area contributed by atoms with Crippen LogP contribution in [0.25, 0.3) is 10.9 Å². The molecule has 1 saturated heterocycles. The van der Waals surface area contributed by atoms with E-state index in [1.54, 1.807) is 25.3 Å². The maximum absolute atomic E-state index is 13.4. The molecule has 10 heteroatoms. The summed E-state index contributed by atoms with van der Waals surface area (Å²) in [4.78, 5) is 19.4. The summed E-state index contributed by atoms with van der Waals surface area (Å²) in [5, 5.41) is 12.2. The van der Waals surface area contributed by atoms with Gasteiger partial charge in [-0.1, -0.05) is 11.6 Å². The highest BCUT2D eigenvalue weighted by atomic mass is 35.5. The number of halogens is 3. The van der Waals surface area contributed by atoms with Crippen LogP contribution in [-0.2, 0) is 9.53 Å². The molecule has 0 amide bonds. The Balaban J connectivity index is 1.39. The van der Waals surface area contributed by atoms with Gasteiger partial charge in [0.15, 0.2) is 0 Å². The van der Waals surface area contributed by atoms with Gasteiger partial charge < -0.3 is 19.3 Å². The number of carbonyl (C=O) groups excluding carboxylic acids is 1. The van der Waals surface area contributed by atoms with Crippen LogP contribution in [-0.4, -0.2) is 61.4 Å². The Morgan fingerprint density at radius 2 is 1.84 bits per heavy atom. The second kappa shape index (κ2) is 12.2. The molecule has 3 aromatic rings. The van der Waals surface area contributed by atoms with Crippen LogP contribution in [0.15, 0.2) is 42.6 Å². The van der Waals surface area contributed by atoms with E-state index in [2.05, 4.69) is 9.88 Å². The van der Waals surface area contributed by atoms with Crippen molar-refractivity contribution in [3.63, 3.8) is 0 Å². The van der Waals surface area contributed by atoms with Gasteiger partial charge in [-0.2, -0.15) is 0 Å². The number of aliphatic hydroxyl groups is 1. The lowest BCUT2D eigenvalue weighted by molar-refractivity contribution is -0.157. The zero-order chi connectivity index (χ0) is 27.3. The van der Waals surface area contributed by atoms with Crippen LogP contribution in [0.4, 0.5) is 8.78 Å².